The SMILES string of the molecule is CCOc1ccc(/C=C2\CCC[C@@H]3C2=NN(C(=O)c2cc([N+](=O)[O-])ccc2N2CCOCC2)[C@@H]3c2ccc(OCC)cc2)cc1. The van der Waals surface area contributed by atoms with Gasteiger partial charge in [-0.3, -0.25) is 14.9 Å². The van der Waals surface area contributed by atoms with Crippen molar-refractivity contribution in [1.82, 2.24) is 5.01 Å². The number of allylic oxidation sites excluding steroid dienone is 1. The number of morpholine rings is 1. The molecule has 1 saturated heterocycles. The fourth-order valence-corrected chi connectivity index (χ4v) is 6.47. The molecule has 0 unspecified atom stereocenters. The first-order valence-corrected chi connectivity index (χ1v) is 15.7. The van der Waals surface area contributed by atoms with E-state index in [0.29, 0.717) is 45.2 Å². The number of hydrazone groups is 1. The van der Waals surface area contributed by atoms with E-state index in [0.717, 1.165) is 53.2 Å². The Morgan fingerprint density at radius 3 is 2.31 bits per heavy atom. The summed E-state index contributed by atoms with van der Waals surface area (Å²) in [5, 5.41) is 18.4. The van der Waals surface area contributed by atoms with Crippen molar-refractivity contribution in [3.05, 3.63) is 99.1 Å². The second-order valence-corrected chi connectivity index (χ2v) is 11.3. The Hall–Kier alpha value is -4.70. The van der Waals surface area contributed by atoms with Crippen LogP contribution in [0, 0.1) is 16.0 Å². The summed E-state index contributed by atoms with van der Waals surface area (Å²) in [6.07, 6.45) is 4.82. The van der Waals surface area contributed by atoms with Crippen LogP contribution < -0.4 is 14.4 Å². The smallest absolute Gasteiger partial charge is 0.276 e. The minimum Gasteiger partial charge on any atom is -0.494 e. The average Bonchev–Trinajstić information content (AvgIpc) is 3.47. The van der Waals surface area contributed by atoms with Crippen molar-refractivity contribution in [2.75, 3.05) is 44.4 Å². The Balaban J connectivity index is 1.43. The first-order valence-electron chi connectivity index (χ1n) is 15.7. The zero-order valence-electron chi connectivity index (χ0n) is 25.7. The fourth-order valence-electron chi connectivity index (χ4n) is 6.47. The third kappa shape index (κ3) is 6.42. The lowest BCUT2D eigenvalue weighted by atomic mass is 9.77. The lowest BCUT2D eigenvalue weighted by molar-refractivity contribution is -0.384. The Morgan fingerprint density at radius 1 is 1.00 bits per heavy atom. The minimum atomic E-state index is -0.461. The molecular weight excluding hydrogens is 572 g/mol. The zero-order valence-corrected chi connectivity index (χ0v) is 25.7. The van der Waals surface area contributed by atoms with Gasteiger partial charge in [-0.15, -0.1) is 0 Å². The van der Waals surface area contributed by atoms with Gasteiger partial charge in [-0.25, -0.2) is 5.01 Å². The maximum absolute atomic E-state index is 14.6. The summed E-state index contributed by atoms with van der Waals surface area (Å²) in [4.78, 5) is 28.0. The maximum atomic E-state index is 14.6. The number of nitro groups is 1. The van der Waals surface area contributed by atoms with E-state index in [4.69, 9.17) is 19.3 Å². The molecule has 1 saturated carbocycles. The second-order valence-electron chi connectivity index (χ2n) is 11.3. The van der Waals surface area contributed by atoms with E-state index in [1.807, 2.05) is 62.4 Å². The highest BCUT2D eigenvalue weighted by atomic mass is 16.6. The minimum absolute atomic E-state index is 0.0277. The van der Waals surface area contributed by atoms with Crippen molar-refractivity contribution in [2.45, 2.75) is 39.2 Å². The number of rotatable bonds is 9. The summed E-state index contributed by atoms with van der Waals surface area (Å²) in [6.45, 7) is 7.28. The highest BCUT2D eigenvalue weighted by molar-refractivity contribution is 6.10. The molecule has 0 spiro atoms. The molecule has 45 heavy (non-hydrogen) atoms. The molecule has 0 bridgehead atoms. The third-order valence-electron chi connectivity index (χ3n) is 8.55. The summed E-state index contributed by atoms with van der Waals surface area (Å²) in [5.74, 6) is 1.19. The largest absolute Gasteiger partial charge is 0.494 e. The molecular formula is C35H38N4O6. The van der Waals surface area contributed by atoms with Crippen LogP contribution in [0.5, 0.6) is 11.5 Å². The van der Waals surface area contributed by atoms with Crippen molar-refractivity contribution in [3.8, 4) is 11.5 Å². The summed E-state index contributed by atoms with van der Waals surface area (Å²) >= 11 is 0. The summed E-state index contributed by atoms with van der Waals surface area (Å²) in [5.41, 5.74) is 4.74. The Morgan fingerprint density at radius 2 is 1.67 bits per heavy atom. The van der Waals surface area contributed by atoms with Gasteiger partial charge in [0, 0.05) is 31.1 Å². The van der Waals surface area contributed by atoms with Gasteiger partial charge in [0.05, 0.1) is 54.4 Å². The van der Waals surface area contributed by atoms with Crippen molar-refractivity contribution in [2.24, 2.45) is 11.0 Å². The number of carbonyl (C=O) groups excluding carboxylic acids is 1. The number of hydrogen-bond donors (Lipinski definition) is 0. The molecule has 6 rings (SSSR count). The van der Waals surface area contributed by atoms with Gasteiger partial charge in [0.2, 0.25) is 0 Å². The molecule has 2 fully saturated rings. The van der Waals surface area contributed by atoms with Gasteiger partial charge in [0.15, 0.2) is 0 Å². The number of nitro benzene ring substituents is 1. The van der Waals surface area contributed by atoms with Crippen molar-refractivity contribution in [3.63, 3.8) is 0 Å². The topological polar surface area (TPSA) is 107 Å². The highest BCUT2D eigenvalue weighted by Crippen LogP contribution is 2.46. The van der Waals surface area contributed by atoms with Crippen LogP contribution in [0.25, 0.3) is 6.08 Å². The number of ether oxygens (including phenoxy) is 3. The van der Waals surface area contributed by atoms with Crippen LogP contribution in [-0.2, 0) is 4.74 Å². The molecule has 3 aromatic carbocycles. The van der Waals surface area contributed by atoms with Crippen LogP contribution in [0.2, 0.25) is 0 Å². The number of amides is 1. The average molecular weight is 611 g/mol. The van der Waals surface area contributed by atoms with E-state index >= 15 is 0 Å². The molecule has 10 heteroatoms. The van der Waals surface area contributed by atoms with Gasteiger partial charge >= 0.3 is 0 Å². The summed E-state index contributed by atoms with van der Waals surface area (Å²) in [7, 11) is 0. The Kier molecular flexibility index (Phi) is 9.11. The lowest BCUT2D eigenvalue weighted by Gasteiger charge is -2.32. The standard InChI is InChI=1S/C35H38N4O6/c1-3-44-28-13-8-24(9-14-28)22-26-6-5-7-30-33(26)36-38(34(30)25-10-15-29(16-11-25)45-4-2)35(40)31-23-27(39(41)42)12-17-32(31)37-18-20-43-21-19-37/h8-17,22-23,30,34H,3-7,18-21H2,1-2H3/b26-22+/t30-,34-/m1/s1. The number of fused-ring (bicyclic) bond motifs is 1. The van der Waals surface area contributed by atoms with E-state index in [-0.39, 0.29) is 29.1 Å². The first-order chi connectivity index (χ1) is 22.0. The van der Waals surface area contributed by atoms with Crippen LogP contribution in [-0.4, -0.2) is 61.1 Å². The second kappa shape index (κ2) is 13.5. The highest BCUT2D eigenvalue weighted by Gasteiger charge is 2.44. The monoisotopic (exact) mass is 610 g/mol. The number of carbonyl (C=O) groups is 1. The molecule has 3 aliphatic rings. The van der Waals surface area contributed by atoms with Crippen LogP contribution >= 0.6 is 0 Å². The van der Waals surface area contributed by atoms with E-state index in [1.54, 1.807) is 11.1 Å². The van der Waals surface area contributed by atoms with Crippen molar-refractivity contribution in [1.29, 1.82) is 0 Å². The molecule has 234 valence electrons. The van der Waals surface area contributed by atoms with Gasteiger partial charge in [-0.05, 0) is 86.2 Å². The van der Waals surface area contributed by atoms with Gasteiger partial charge in [-0.2, -0.15) is 5.10 Å². The maximum Gasteiger partial charge on any atom is 0.276 e. The molecule has 0 aromatic heterocycles. The molecule has 3 aromatic rings. The number of benzene rings is 3. The number of hydrogen-bond acceptors (Lipinski definition) is 8. The van der Waals surface area contributed by atoms with Crippen LogP contribution in [0.3, 0.4) is 0 Å². The van der Waals surface area contributed by atoms with Gasteiger partial charge in [-0.1, -0.05) is 24.3 Å². The van der Waals surface area contributed by atoms with E-state index in [1.165, 1.54) is 12.1 Å². The lowest BCUT2D eigenvalue weighted by Crippen LogP contribution is -2.38. The molecule has 1 amide bonds. The van der Waals surface area contributed by atoms with Crippen LogP contribution in [0.15, 0.2) is 77.4 Å². The van der Waals surface area contributed by atoms with Crippen molar-refractivity contribution < 1.29 is 23.9 Å². The third-order valence-corrected chi connectivity index (χ3v) is 8.55. The zero-order chi connectivity index (χ0) is 31.3. The number of anilines is 1. The Bertz CT molecular complexity index is 1600. The molecule has 2 aliphatic heterocycles. The summed E-state index contributed by atoms with van der Waals surface area (Å²) < 4.78 is 16.8. The van der Waals surface area contributed by atoms with E-state index in [2.05, 4.69) is 11.0 Å². The molecule has 0 radical (unpaired) electrons. The van der Waals surface area contributed by atoms with Crippen molar-refractivity contribution >= 4 is 29.1 Å². The normalized spacial score (nSPS) is 20.5. The quantitative estimate of drug-likeness (QED) is 0.197. The number of non-ortho nitro benzene ring substituents is 1. The van der Waals surface area contributed by atoms with Gasteiger partial charge in [0.1, 0.15) is 11.5 Å². The van der Waals surface area contributed by atoms with Crippen LogP contribution in [0.1, 0.15) is 60.6 Å². The molecule has 10 nitrogen and oxygen atoms in total. The Labute approximate surface area is 263 Å². The summed E-state index contributed by atoms with van der Waals surface area (Å²) in [6, 6.07) is 20.0. The fraction of sp³-hybridized carbons (Fsp3) is 0.371. The first kappa shape index (κ1) is 30.3. The molecule has 0 N–H and O–H groups in total. The van der Waals surface area contributed by atoms with Gasteiger partial charge < -0.3 is 19.1 Å². The van der Waals surface area contributed by atoms with Gasteiger partial charge in [0.25, 0.3) is 11.6 Å². The van der Waals surface area contributed by atoms with E-state index in [9.17, 15) is 14.9 Å². The van der Waals surface area contributed by atoms with Crippen LogP contribution in [0.4, 0.5) is 11.4 Å². The molecule has 2 heterocycles. The molecule has 1 aliphatic carbocycles. The van der Waals surface area contributed by atoms with E-state index < -0.39 is 4.92 Å². The predicted molar refractivity (Wildman–Crippen MR) is 173 cm³/mol. The number of nitrogens with zero attached hydrogens (tertiary/aromatic N) is 4. The molecule has 2 atom stereocenters. The predicted octanol–water partition coefficient (Wildman–Crippen LogP) is 6.67.